The number of aryl methyl sites for hydroxylation is 2. The van der Waals surface area contributed by atoms with Crippen molar-refractivity contribution in [3.05, 3.63) is 58.2 Å². The van der Waals surface area contributed by atoms with Crippen LogP contribution in [0, 0.1) is 30.1 Å². The second kappa shape index (κ2) is 8.75. The summed E-state index contributed by atoms with van der Waals surface area (Å²) in [6.07, 6.45) is 8.06. The highest BCUT2D eigenvalue weighted by Crippen LogP contribution is 2.62. The van der Waals surface area contributed by atoms with Crippen LogP contribution in [0.25, 0.3) is 0 Å². The molecule has 3 aliphatic carbocycles. The van der Waals surface area contributed by atoms with E-state index in [2.05, 4.69) is 34.5 Å². The normalized spacial score (nSPS) is 31.5. The lowest BCUT2D eigenvalue weighted by Gasteiger charge is -2.50. The SMILES string of the molecule is Cc1ccnc(NC(=O)CC[C@@H]2C/C(=N\O)[C@@]3(C)CCC4c5ccc(Cl)cc5CCC4C23)c1. The third-order valence-corrected chi connectivity index (χ3v) is 8.84. The van der Waals surface area contributed by atoms with Gasteiger partial charge in [-0.05, 0) is 110 Å². The highest BCUT2D eigenvalue weighted by atomic mass is 35.5. The van der Waals surface area contributed by atoms with Gasteiger partial charge in [0.15, 0.2) is 0 Å². The van der Waals surface area contributed by atoms with Gasteiger partial charge >= 0.3 is 0 Å². The maximum absolute atomic E-state index is 12.7. The lowest BCUT2D eigenvalue weighted by atomic mass is 9.54. The molecule has 5 rings (SSSR count). The van der Waals surface area contributed by atoms with Crippen LogP contribution in [0.4, 0.5) is 5.82 Å². The summed E-state index contributed by atoms with van der Waals surface area (Å²) in [7, 11) is 0. The molecule has 5 atom stereocenters. The predicted molar refractivity (Wildman–Crippen MR) is 131 cm³/mol. The molecule has 3 unspecified atom stereocenters. The van der Waals surface area contributed by atoms with E-state index < -0.39 is 0 Å². The van der Waals surface area contributed by atoms with Gasteiger partial charge in [0.2, 0.25) is 5.91 Å². The Labute approximate surface area is 200 Å². The average molecular weight is 466 g/mol. The zero-order valence-electron chi connectivity index (χ0n) is 19.4. The molecule has 0 spiro atoms. The summed E-state index contributed by atoms with van der Waals surface area (Å²) < 4.78 is 0. The van der Waals surface area contributed by atoms with Crippen molar-refractivity contribution in [3.63, 3.8) is 0 Å². The fourth-order valence-electron chi connectivity index (χ4n) is 7.18. The van der Waals surface area contributed by atoms with Crippen molar-refractivity contribution in [2.75, 3.05) is 5.32 Å². The van der Waals surface area contributed by atoms with E-state index in [4.69, 9.17) is 11.6 Å². The summed E-state index contributed by atoms with van der Waals surface area (Å²) in [5, 5.41) is 17.4. The number of aromatic nitrogens is 1. The van der Waals surface area contributed by atoms with Crippen LogP contribution in [0.2, 0.25) is 5.02 Å². The number of anilines is 1. The molecule has 5 nitrogen and oxygen atoms in total. The molecule has 6 heteroatoms. The number of halogens is 1. The molecule has 1 amide bonds. The minimum atomic E-state index is -0.0842. The molecule has 0 radical (unpaired) electrons. The number of amides is 1. The lowest BCUT2D eigenvalue weighted by molar-refractivity contribution is -0.116. The number of nitrogens with one attached hydrogen (secondary N) is 1. The number of rotatable bonds is 4. The quantitative estimate of drug-likeness (QED) is 0.406. The molecule has 1 aromatic carbocycles. The van der Waals surface area contributed by atoms with Gasteiger partial charge in [-0.15, -0.1) is 0 Å². The van der Waals surface area contributed by atoms with Crippen molar-refractivity contribution in [2.45, 2.75) is 64.7 Å². The zero-order valence-corrected chi connectivity index (χ0v) is 20.1. The van der Waals surface area contributed by atoms with Crippen molar-refractivity contribution in [1.82, 2.24) is 4.98 Å². The number of hydrogen-bond acceptors (Lipinski definition) is 4. The van der Waals surface area contributed by atoms with Gasteiger partial charge in [-0.25, -0.2) is 4.98 Å². The van der Waals surface area contributed by atoms with E-state index in [1.807, 2.05) is 25.1 Å². The number of nitrogens with zero attached hydrogens (tertiary/aromatic N) is 2. The molecule has 2 aromatic rings. The van der Waals surface area contributed by atoms with Crippen LogP contribution in [0.5, 0.6) is 0 Å². The van der Waals surface area contributed by atoms with E-state index >= 15 is 0 Å². The number of oxime groups is 1. The largest absolute Gasteiger partial charge is 0.411 e. The van der Waals surface area contributed by atoms with Gasteiger partial charge in [0, 0.05) is 23.1 Å². The van der Waals surface area contributed by atoms with Gasteiger partial charge < -0.3 is 10.5 Å². The minimum Gasteiger partial charge on any atom is -0.411 e. The van der Waals surface area contributed by atoms with Crippen LogP contribution >= 0.6 is 11.6 Å². The van der Waals surface area contributed by atoms with Crippen molar-refractivity contribution < 1.29 is 10.0 Å². The monoisotopic (exact) mass is 465 g/mol. The molecule has 2 N–H and O–H groups in total. The van der Waals surface area contributed by atoms with Crippen LogP contribution in [-0.2, 0) is 11.2 Å². The molecule has 1 aromatic heterocycles. The first kappa shape index (κ1) is 22.4. The Balaban J connectivity index is 1.35. The van der Waals surface area contributed by atoms with Crippen molar-refractivity contribution in [3.8, 4) is 0 Å². The Morgan fingerprint density at radius 1 is 1.30 bits per heavy atom. The lowest BCUT2D eigenvalue weighted by Crippen LogP contribution is -2.44. The Morgan fingerprint density at radius 2 is 2.15 bits per heavy atom. The van der Waals surface area contributed by atoms with Gasteiger partial charge in [0.1, 0.15) is 5.82 Å². The highest BCUT2D eigenvalue weighted by Gasteiger charge is 2.57. The van der Waals surface area contributed by atoms with Gasteiger partial charge in [-0.3, -0.25) is 4.79 Å². The van der Waals surface area contributed by atoms with Crippen molar-refractivity contribution >= 4 is 29.0 Å². The fourth-order valence-corrected chi connectivity index (χ4v) is 7.37. The maximum atomic E-state index is 12.7. The summed E-state index contributed by atoms with van der Waals surface area (Å²) in [5.74, 6) is 2.45. The first-order valence-corrected chi connectivity index (χ1v) is 12.5. The van der Waals surface area contributed by atoms with Crippen LogP contribution in [0.3, 0.4) is 0 Å². The first-order chi connectivity index (χ1) is 15.9. The summed E-state index contributed by atoms with van der Waals surface area (Å²) >= 11 is 6.28. The van der Waals surface area contributed by atoms with Gasteiger partial charge in [0.25, 0.3) is 0 Å². The van der Waals surface area contributed by atoms with E-state index in [9.17, 15) is 10.0 Å². The van der Waals surface area contributed by atoms with E-state index in [-0.39, 0.29) is 11.3 Å². The molecule has 2 saturated carbocycles. The van der Waals surface area contributed by atoms with Crippen LogP contribution in [-0.4, -0.2) is 21.8 Å². The summed E-state index contributed by atoms with van der Waals surface area (Å²) in [6.45, 7) is 4.28. The van der Waals surface area contributed by atoms with E-state index in [1.54, 1.807) is 6.20 Å². The molecule has 3 aliphatic rings. The molecule has 33 heavy (non-hydrogen) atoms. The molecule has 174 valence electrons. The highest BCUT2D eigenvalue weighted by molar-refractivity contribution is 6.30. The smallest absolute Gasteiger partial charge is 0.225 e. The summed E-state index contributed by atoms with van der Waals surface area (Å²) in [6, 6.07) is 10.2. The van der Waals surface area contributed by atoms with Crippen molar-refractivity contribution in [1.29, 1.82) is 0 Å². The number of benzene rings is 1. The van der Waals surface area contributed by atoms with E-state index in [0.717, 1.165) is 54.8 Å². The van der Waals surface area contributed by atoms with Crippen LogP contribution < -0.4 is 5.32 Å². The fraction of sp³-hybridized carbons (Fsp3) is 0.519. The third-order valence-electron chi connectivity index (χ3n) is 8.61. The Morgan fingerprint density at radius 3 is 2.94 bits per heavy atom. The Hall–Kier alpha value is -2.40. The maximum Gasteiger partial charge on any atom is 0.225 e. The van der Waals surface area contributed by atoms with Crippen LogP contribution in [0.1, 0.15) is 68.1 Å². The van der Waals surface area contributed by atoms with Crippen LogP contribution in [0.15, 0.2) is 41.7 Å². The average Bonchev–Trinajstić information content (AvgIpc) is 3.09. The molecule has 0 saturated heterocycles. The Bertz CT molecular complexity index is 1100. The third kappa shape index (κ3) is 4.05. The zero-order chi connectivity index (χ0) is 23.2. The minimum absolute atomic E-state index is 0.000168. The number of hydrogen-bond donors (Lipinski definition) is 2. The number of carbonyl (C=O) groups is 1. The first-order valence-electron chi connectivity index (χ1n) is 12.1. The number of pyridine rings is 1. The second-order valence-corrected chi connectivity index (χ2v) is 10.9. The Kier molecular flexibility index (Phi) is 5.94. The molecule has 2 fully saturated rings. The van der Waals surface area contributed by atoms with E-state index in [1.165, 1.54) is 11.1 Å². The van der Waals surface area contributed by atoms with Gasteiger partial charge in [-0.2, -0.15) is 0 Å². The number of fused-ring (bicyclic) bond motifs is 5. The van der Waals surface area contributed by atoms with Crippen molar-refractivity contribution in [2.24, 2.45) is 28.3 Å². The van der Waals surface area contributed by atoms with Gasteiger partial charge in [-0.1, -0.05) is 29.7 Å². The standard InChI is InChI=1S/C27H32ClN3O2/c1-16-10-12-29-24(13-16)30-25(32)8-4-18-15-23(31-33)27(2)11-9-21-20-7-5-19(28)14-17(20)3-6-22(21)26(18)27/h5,7,10,12-14,18,21-22,26,33H,3-4,6,8-9,11,15H2,1-2H3,(H,29,30,32)/b31-23+/t18-,21?,22?,26?,27-/m1/s1. The topological polar surface area (TPSA) is 74.6 Å². The molecular formula is C27H32ClN3O2. The summed E-state index contributed by atoms with van der Waals surface area (Å²) in [5.41, 5.74) is 4.76. The summed E-state index contributed by atoms with van der Waals surface area (Å²) in [4.78, 5) is 17.0. The number of carbonyl (C=O) groups excluding carboxylic acids is 1. The molecule has 0 aliphatic heterocycles. The molecule has 0 bridgehead atoms. The van der Waals surface area contributed by atoms with E-state index in [0.29, 0.717) is 35.9 Å². The van der Waals surface area contributed by atoms with Gasteiger partial charge in [0.05, 0.1) is 5.71 Å². The second-order valence-electron chi connectivity index (χ2n) is 10.5. The molecular weight excluding hydrogens is 434 g/mol. The predicted octanol–water partition coefficient (Wildman–Crippen LogP) is 6.37. The molecule has 1 heterocycles.